The van der Waals surface area contributed by atoms with Crippen molar-refractivity contribution < 1.29 is 4.79 Å². The van der Waals surface area contributed by atoms with Crippen molar-refractivity contribution in [1.29, 1.82) is 0 Å². The number of carbonyl (C=O) groups is 1. The van der Waals surface area contributed by atoms with E-state index in [0.29, 0.717) is 39.9 Å². The second-order valence-corrected chi connectivity index (χ2v) is 9.43. The normalized spacial score (nSPS) is 12.1. The van der Waals surface area contributed by atoms with E-state index in [4.69, 9.17) is 16.6 Å². The average Bonchev–Trinajstić information content (AvgIpc) is 2.85. The first-order valence-corrected chi connectivity index (χ1v) is 12.0. The molecule has 7 heteroatoms. The third-order valence-electron chi connectivity index (χ3n) is 6.20. The SMILES string of the molecule is CC(C)c1ccc(NC(=O)N(Cc2ccccc2)C(C)c2nc3ccc(Cl)cc3c(=O)n2C)cc1. The standard InChI is InChI=1S/C28H29ClN4O2/c1-18(2)21-10-13-23(14-11-21)30-28(35)33(17-20-8-6-5-7-9-20)19(3)26-31-25-15-12-22(29)16-24(25)27(34)32(26)4/h5-16,18-19H,17H2,1-4H3,(H,30,35). The van der Waals surface area contributed by atoms with Crippen LogP contribution in [0, 0.1) is 0 Å². The molecule has 4 rings (SSSR count). The molecule has 2 amide bonds. The first kappa shape index (κ1) is 24.5. The fourth-order valence-corrected chi connectivity index (χ4v) is 4.26. The number of fused-ring (bicyclic) bond motifs is 1. The fourth-order valence-electron chi connectivity index (χ4n) is 4.08. The van der Waals surface area contributed by atoms with Crippen molar-refractivity contribution in [2.75, 3.05) is 5.32 Å². The van der Waals surface area contributed by atoms with Gasteiger partial charge in [0, 0.05) is 24.3 Å². The number of rotatable bonds is 6. The Bertz CT molecular complexity index is 1400. The maximum atomic E-state index is 13.5. The number of hydrogen-bond donors (Lipinski definition) is 1. The smallest absolute Gasteiger partial charge is 0.310 e. The molecule has 0 saturated carbocycles. The molecule has 0 aliphatic heterocycles. The van der Waals surface area contributed by atoms with Gasteiger partial charge in [0.05, 0.1) is 16.9 Å². The van der Waals surface area contributed by atoms with Crippen LogP contribution in [0.3, 0.4) is 0 Å². The van der Waals surface area contributed by atoms with E-state index in [1.54, 1.807) is 30.1 Å². The number of nitrogens with one attached hydrogen (secondary N) is 1. The summed E-state index contributed by atoms with van der Waals surface area (Å²) in [5.41, 5.74) is 3.22. The van der Waals surface area contributed by atoms with Gasteiger partial charge in [-0.2, -0.15) is 0 Å². The van der Waals surface area contributed by atoms with Crippen molar-refractivity contribution in [3.8, 4) is 0 Å². The summed E-state index contributed by atoms with van der Waals surface area (Å²) in [6, 6.07) is 21.9. The Hall–Kier alpha value is -3.64. The van der Waals surface area contributed by atoms with E-state index < -0.39 is 6.04 Å². The van der Waals surface area contributed by atoms with Crippen LogP contribution in [0.15, 0.2) is 77.6 Å². The van der Waals surface area contributed by atoms with Gasteiger partial charge in [0.1, 0.15) is 5.82 Å². The molecule has 1 heterocycles. The van der Waals surface area contributed by atoms with Gasteiger partial charge in [-0.1, -0.05) is 67.9 Å². The van der Waals surface area contributed by atoms with E-state index in [0.717, 1.165) is 5.56 Å². The highest BCUT2D eigenvalue weighted by molar-refractivity contribution is 6.31. The lowest BCUT2D eigenvalue weighted by atomic mass is 10.0. The van der Waals surface area contributed by atoms with Crippen LogP contribution in [0.2, 0.25) is 5.02 Å². The summed E-state index contributed by atoms with van der Waals surface area (Å²) in [7, 11) is 1.67. The lowest BCUT2D eigenvalue weighted by molar-refractivity contribution is 0.185. The first-order valence-electron chi connectivity index (χ1n) is 11.6. The Labute approximate surface area is 210 Å². The number of urea groups is 1. The number of benzene rings is 3. The largest absolute Gasteiger partial charge is 0.322 e. The van der Waals surface area contributed by atoms with E-state index in [1.165, 1.54) is 10.1 Å². The highest BCUT2D eigenvalue weighted by Crippen LogP contribution is 2.25. The zero-order valence-electron chi connectivity index (χ0n) is 20.3. The maximum Gasteiger partial charge on any atom is 0.322 e. The van der Waals surface area contributed by atoms with Crippen molar-refractivity contribution in [2.45, 2.75) is 39.3 Å². The van der Waals surface area contributed by atoms with Crippen molar-refractivity contribution >= 4 is 34.2 Å². The van der Waals surface area contributed by atoms with Crippen molar-refractivity contribution in [3.05, 3.63) is 105 Å². The molecule has 0 bridgehead atoms. The van der Waals surface area contributed by atoms with Crippen molar-refractivity contribution in [1.82, 2.24) is 14.5 Å². The number of amides is 2. The van der Waals surface area contributed by atoms with Crippen LogP contribution >= 0.6 is 11.6 Å². The van der Waals surface area contributed by atoms with Crippen LogP contribution in [0.1, 0.15) is 49.7 Å². The molecule has 0 radical (unpaired) electrons. The lowest BCUT2D eigenvalue weighted by Crippen LogP contribution is -2.39. The highest BCUT2D eigenvalue weighted by atomic mass is 35.5. The predicted molar refractivity (Wildman–Crippen MR) is 142 cm³/mol. The van der Waals surface area contributed by atoms with E-state index in [-0.39, 0.29) is 11.6 Å². The Kier molecular flexibility index (Phi) is 7.22. The summed E-state index contributed by atoms with van der Waals surface area (Å²) in [5, 5.41) is 3.93. The summed E-state index contributed by atoms with van der Waals surface area (Å²) < 4.78 is 1.49. The maximum absolute atomic E-state index is 13.5. The van der Waals surface area contributed by atoms with Gasteiger partial charge in [0.2, 0.25) is 0 Å². The number of aromatic nitrogens is 2. The molecule has 0 spiro atoms. The van der Waals surface area contributed by atoms with Gasteiger partial charge in [0.25, 0.3) is 5.56 Å². The molecule has 1 N–H and O–H groups in total. The Morgan fingerprint density at radius 1 is 1.03 bits per heavy atom. The minimum absolute atomic E-state index is 0.205. The molecule has 3 aromatic carbocycles. The Balaban J connectivity index is 1.70. The van der Waals surface area contributed by atoms with Gasteiger partial charge in [-0.05, 0) is 54.3 Å². The van der Waals surface area contributed by atoms with Crippen LogP contribution in [0.4, 0.5) is 10.5 Å². The molecule has 1 unspecified atom stereocenters. The van der Waals surface area contributed by atoms with E-state index >= 15 is 0 Å². The minimum Gasteiger partial charge on any atom is -0.310 e. The van der Waals surface area contributed by atoms with Crippen LogP contribution < -0.4 is 10.9 Å². The lowest BCUT2D eigenvalue weighted by Gasteiger charge is -2.30. The van der Waals surface area contributed by atoms with Gasteiger partial charge in [0.15, 0.2) is 0 Å². The average molecular weight is 489 g/mol. The molecular formula is C28H29ClN4O2. The zero-order valence-corrected chi connectivity index (χ0v) is 21.1. The highest BCUT2D eigenvalue weighted by Gasteiger charge is 2.26. The van der Waals surface area contributed by atoms with E-state index in [1.807, 2.05) is 61.5 Å². The second-order valence-electron chi connectivity index (χ2n) is 8.99. The van der Waals surface area contributed by atoms with Crippen LogP contribution in [-0.4, -0.2) is 20.5 Å². The third-order valence-corrected chi connectivity index (χ3v) is 6.43. The van der Waals surface area contributed by atoms with Crippen LogP contribution in [0.25, 0.3) is 10.9 Å². The Morgan fingerprint density at radius 2 is 1.71 bits per heavy atom. The molecule has 0 aliphatic carbocycles. The first-order chi connectivity index (χ1) is 16.7. The number of anilines is 1. The molecule has 0 fully saturated rings. The Morgan fingerprint density at radius 3 is 2.37 bits per heavy atom. The summed E-state index contributed by atoms with van der Waals surface area (Å²) in [4.78, 5) is 33.0. The molecule has 1 aromatic heterocycles. The van der Waals surface area contributed by atoms with Crippen molar-refractivity contribution in [2.24, 2.45) is 7.05 Å². The van der Waals surface area contributed by atoms with Crippen LogP contribution in [-0.2, 0) is 13.6 Å². The predicted octanol–water partition coefficient (Wildman–Crippen LogP) is 6.51. The summed E-state index contributed by atoms with van der Waals surface area (Å²) in [6.07, 6.45) is 0. The summed E-state index contributed by atoms with van der Waals surface area (Å²) in [6.45, 7) is 6.50. The number of nitrogens with zero attached hydrogens (tertiary/aromatic N) is 3. The van der Waals surface area contributed by atoms with Gasteiger partial charge in [-0.15, -0.1) is 0 Å². The second kappa shape index (κ2) is 10.3. The topological polar surface area (TPSA) is 67.2 Å². The minimum atomic E-state index is -0.483. The molecule has 35 heavy (non-hydrogen) atoms. The van der Waals surface area contributed by atoms with Gasteiger partial charge < -0.3 is 10.2 Å². The van der Waals surface area contributed by atoms with Gasteiger partial charge in [-0.3, -0.25) is 9.36 Å². The van der Waals surface area contributed by atoms with Crippen molar-refractivity contribution in [3.63, 3.8) is 0 Å². The summed E-state index contributed by atoms with van der Waals surface area (Å²) >= 11 is 6.09. The fraction of sp³-hybridized carbons (Fsp3) is 0.250. The van der Waals surface area contributed by atoms with Gasteiger partial charge >= 0.3 is 6.03 Å². The van der Waals surface area contributed by atoms with E-state index in [9.17, 15) is 9.59 Å². The van der Waals surface area contributed by atoms with E-state index in [2.05, 4.69) is 19.2 Å². The molecule has 180 valence electrons. The number of halogens is 1. The zero-order chi connectivity index (χ0) is 25.1. The number of hydrogen-bond acceptors (Lipinski definition) is 3. The molecule has 1 atom stereocenters. The molecular weight excluding hydrogens is 460 g/mol. The summed E-state index contributed by atoms with van der Waals surface area (Å²) in [5.74, 6) is 0.899. The quantitative estimate of drug-likeness (QED) is 0.336. The van der Waals surface area contributed by atoms with Gasteiger partial charge in [-0.25, -0.2) is 9.78 Å². The third kappa shape index (κ3) is 5.38. The molecule has 6 nitrogen and oxygen atoms in total. The molecule has 0 saturated heterocycles. The monoisotopic (exact) mass is 488 g/mol. The molecule has 0 aliphatic rings. The molecule has 4 aromatic rings. The number of carbonyl (C=O) groups excluding carboxylic acids is 1. The van der Waals surface area contributed by atoms with Crippen LogP contribution in [0.5, 0.6) is 0 Å².